The van der Waals surface area contributed by atoms with Gasteiger partial charge in [-0.2, -0.15) is 0 Å². The summed E-state index contributed by atoms with van der Waals surface area (Å²) in [5.41, 5.74) is 6.36. The van der Waals surface area contributed by atoms with Crippen molar-refractivity contribution in [1.82, 2.24) is 5.32 Å². The van der Waals surface area contributed by atoms with Gasteiger partial charge in [-0.3, -0.25) is 4.79 Å². The van der Waals surface area contributed by atoms with Gasteiger partial charge in [0, 0.05) is 6.04 Å². The molecule has 0 bridgehead atoms. The van der Waals surface area contributed by atoms with Crippen LogP contribution in [0.4, 0.5) is 5.69 Å². The van der Waals surface area contributed by atoms with Gasteiger partial charge in [0.2, 0.25) is 0 Å². The van der Waals surface area contributed by atoms with Gasteiger partial charge in [-0.05, 0) is 38.1 Å². The number of piperidine rings is 1. The van der Waals surface area contributed by atoms with Gasteiger partial charge in [0.05, 0.1) is 18.4 Å². The number of carbonyl (C=O) groups is 1. The van der Waals surface area contributed by atoms with Gasteiger partial charge in [0.1, 0.15) is 5.02 Å². The van der Waals surface area contributed by atoms with Crippen molar-refractivity contribution in [1.29, 1.82) is 0 Å². The molecule has 0 saturated carbocycles. The van der Waals surface area contributed by atoms with Crippen LogP contribution >= 0.6 is 11.6 Å². The maximum absolute atomic E-state index is 11.3. The zero-order valence-electron chi connectivity index (χ0n) is 10.8. The highest BCUT2D eigenvalue weighted by molar-refractivity contribution is 6.35. The van der Waals surface area contributed by atoms with Crippen molar-refractivity contribution in [3.63, 3.8) is 0 Å². The van der Waals surface area contributed by atoms with Gasteiger partial charge < -0.3 is 21.1 Å². The minimum Gasteiger partial charge on any atom is -0.494 e. The van der Waals surface area contributed by atoms with Gasteiger partial charge in [0.15, 0.2) is 5.75 Å². The molecule has 1 fully saturated rings. The second kappa shape index (κ2) is 6.12. The van der Waals surface area contributed by atoms with Crippen LogP contribution in [0.3, 0.4) is 0 Å². The number of hydrogen-bond donors (Lipinski definition) is 3. The van der Waals surface area contributed by atoms with Crippen molar-refractivity contribution in [3.05, 3.63) is 22.7 Å². The Morgan fingerprint density at radius 2 is 2.16 bits per heavy atom. The molecule has 6 heteroatoms. The molecule has 0 unspecified atom stereocenters. The Hall–Kier alpha value is -1.46. The molecule has 0 aliphatic carbocycles. The summed E-state index contributed by atoms with van der Waals surface area (Å²) in [4.78, 5) is 11.3. The molecule has 5 nitrogen and oxygen atoms in total. The lowest BCUT2D eigenvalue weighted by molar-refractivity contribution is 0.0997. The smallest absolute Gasteiger partial charge is 0.252 e. The van der Waals surface area contributed by atoms with Crippen LogP contribution in [0.2, 0.25) is 5.02 Å². The Balaban J connectivity index is 2.23. The van der Waals surface area contributed by atoms with E-state index < -0.39 is 5.91 Å². The molecule has 1 heterocycles. The number of nitrogens with one attached hydrogen (secondary N) is 2. The van der Waals surface area contributed by atoms with Crippen molar-refractivity contribution in [3.8, 4) is 5.75 Å². The van der Waals surface area contributed by atoms with Crippen LogP contribution in [-0.2, 0) is 0 Å². The second-order valence-electron chi connectivity index (χ2n) is 4.54. The summed E-state index contributed by atoms with van der Waals surface area (Å²) in [6.45, 7) is 1.98. The number of nitrogens with two attached hydrogens (primary N) is 1. The van der Waals surface area contributed by atoms with Gasteiger partial charge in [0.25, 0.3) is 5.91 Å². The summed E-state index contributed by atoms with van der Waals surface area (Å²) < 4.78 is 5.18. The molecular formula is C13H18ClN3O2. The van der Waals surface area contributed by atoms with E-state index in [9.17, 15) is 4.79 Å². The average molecular weight is 284 g/mol. The molecule has 1 aliphatic rings. The number of primary amides is 1. The predicted octanol–water partition coefficient (Wildman–Crippen LogP) is 1.61. The summed E-state index contributed by atoms with van der Waals surface area (Å²) in [6, 6.07) is 3.78. The molecule has 0 radical (unpaired) electrons. The van der Waals surface area contributed by atoms with Crippen LogP contribution in [0.1, 0.15) is 23.2 Å². The monoisotopic (exact) mass is 283 g/mol. The first-order valence-corrected chi connectivity index (χ1v) is 6.65. The zero-order valence-corrected chi connectivity index (χ0v) is 11.6. The molecule has 1 amide bonds. The zero-order chi connectivity index (χ0) is 13.8. The van der Waals surface area contributed by atoms with Gasteiger partial charge in [-0.15, -0.1) is 0 Å². The fourth-order valence-corrected chi connectivity index (χ4v) is 2.54. The largest absolute Gasteiger partial charge is 0.494 e. The number of anilines is 1. The number of benzene rings is 1. The van der Waals surface area contributed by atoms with E-state index in [0.717, 1.165) is 31.6 Å². The van der Waals surface area contributed by atoms with E-state index in [1.54, 1.807) is 12.1 Å². The van der Waals surface area contributed by atoms with E-state index in [2.05, 4.69) is 10.6 Å². The van der Waals surface area contributed by atoms with Crippen LogP contribution in [0.25, 0.3) is 0 Å². The Kier molecular flexibility index (Phi) is 4.50. The van der Waals surface area contributed by atoms with E-state index in [-0.39, 0.29) is 0 Å². The number of rotatable bonds is 4. The van der Waals surface area contributed by atoms with Crippen molar-refractivity contribution in [2.75, 3.05) is 25.5 Å². The Labute approximate surface area is 117 Å². The molecule has 0 atom stereocenters. The number of carbonyl (C=O) groups excluding carboxylic acids is 1. The lowest BCUT2D eigenvalue weighted by Gasteiger charge is -2.25. The van der Waals surface area contributed by atoms with Gasteiger partial charge >= 0.3 is 0 Å². The quantitative estimate of drug-likeness (QED) is 0.785. The number of ether oxygens (including phenoxy) is 1. The third-order valence-corrected chi connectivity index (χ3v) is 3.64. The van der Waals surface area contributed by atoms with Crippen LogP contribution in [-0.4, -0.2) is 32.1 Å². The van der Waals surface area contributed by atoms with E-state index >= 15 is 0 Å². The standard InChI is InChI=1S/C13H18ClN3O2/c1-19-12-9(13(15)18)2-3-10(11(12)14)17-8-4-6-16-7-5-8/h2-3,8,16-17H,4-7H2,1H3,(H2,15,18). The fourth-order valence-electron chi connectivity index (χ4n) is 2.25. The molecule has 19 heavy (non-hydrogen) atoms. The first-order chi connectivity index (χ1) is 9.13. The lowest BCUT2D eigenvalue weighted by Crippen LogP contribution is -2.35. The van der Waals surface area contributed by atoms with Crippen LogP contribution in [0, 0.1) is 0 Å². The van der Waals surface area contributed by atoms with Gasteiger partial charge in [-0.25, -0.2) is 0 Å². The van der Waals surface area contributed by atoms with E-state index in [1.165, 1.54) is 7.11 Å². The van der Waals surface area contributed by atoms with Crippen molar-refractivity contribution >= 4 is 23.2 Å². The first kappa shape index (κ1) is 14.0. The summed E-state index contributed by atoms with van der Waals surface area (Å²) in [5, 5.41) is 7.09. The average Bonchev–Trinajstić information content (AvgIpc) is 2.41. The normalized spacial score (nSPS) is 16.1. The molecule has 104 valence electrons. The van der Waals surface area contributed by atoms with E-state index in [1.807, 2.05) is 0 Å². The lowest BCUT2D eigenvalue weighted by atomic mass is 10.1. The fraction of sp³-hybridized carbons (Fsp3) is 0.462. The highest BCUT2D eigenvalue weighted by Crippen LogP contribution is 2.36. The molecular weight excluding hydrogens is 266 g/mol. The molecule has 2 rings (SSSR count). The summed E-state index contributed by atoms with van der Waals surface area (Å²) in [7, 11) is 1.47. The molecule has 1 aliphatic heterocycles. The van der Waals surface area contributed by atoms with E-state index in [4.69, 9.17) is 22.1 Å². The van der Waals surface area contributed by atoms with Crippen molar-refractivity contribution < 1.29 is 9.53 Å². The number of amides is 1. The maximum atomic E-state index is 11.3. The summed E-state index contributed by atoms with van der Waals surface area (Å²) in [5.74, 6) is -0.222. The minimum absolute atomic E-state index is 0.295. The van der Waals surface area contributed by atoms with Gasteiger partial charge in [-0.1, -0.05) is 11.6 Å². The van der Waals surface area contributed by atoms with Crippen molar-refractivity contribution in [2.24, 2.45) is 5.73 Å². The highest BCUT2D eigenvalue weighted by atomic mass is 35.5. The maximum Gasteiger partial charge on any atom is 0.252 e. The summed E-state index contributed by atoms with van der Waals surface area (Å²) >= 11 is 6.27. The van der Waals surface area contributed by atoms with Crippen molar-refractivity contribution in [2.45, 2.75) is 18.9 Å². The first-order valence-electron chi connectivity index (χ1n) is 6.27. The predicted molar refractivity (Wildman–Crippen MR) is 76.0 cm³/mol. The molecule has 4 N–H and O–H groups in total. The van der Waals surface area contributed by atoms with Crippen LogP contribution in [0.5, 0.6) is 5.75 Å². The Morgan fingerprint density at radius 1 is 1.47 bits per heavy atom. The Bertz CT molecular complexity index is 473. The topological polar surface area (TPSA) is 76.4 Å². The van der Waals surface area contributed by atoms with Crippen LogP contribution < -0.4 is 21.1 Å². The Morgan fingerprint density at radius 3 is 2.74 bits per heavy atom. The third-order valence-electron chi connectivity index (χ3n) is 3.27. The number of methoxy groups -OCH3 is 1. The minimum atomic E-state index is -0.549. The second-order valence-corrected chi connectivity index (χ2v) is 4.92. The summed E-state index contributed by atoms with van der Waals surface area (Å²) in [6.07, 6.45) is 2.08. The van der Waals surface area contributed by atoms with E-state index in [0.29, 0.717) is 22.4 Å². The molecule has 1 aromatic rings. The number of halogens is 1. The molecule has 0 aromatic heterocycles. The SMILES string of the molecule is COc1c(C(N)=O)ccc(NC2CCNCC2)c1Cl. The molecule has 1 aromatic carbocycles. The number of hydrogen-bond acceptors (Lipinski definition) is 4. The highest BCUT2D eigenvalue weighted by Gasteiger charge is 2.19. The van der Waals surface area contributed by atoms with Crippen LogP contribution in [0.15, 0.2) is 12.1 Å². The molecule has 0 spiro atoms. The molecule has 1 saturated heterocycles. The third kappa shape index (κ3) is 3.11.